The molecular weight excluding hydrogens is 256 g/mol. The summed E-state index contributed by atoms with van der Waals surface area (Å²) in [5.74, 6) is 1.63. The summed E-state index contributed by atoms with van der Waals surface area (Å²) in [6.07, 6.45) is 4.22. The minimum Gasteiger partial charge on any atom is -0.355 e. The van der Waals surface area contributed by atoms with Gasteiger partial charge in [0.25, 0.3) is 0 Å². The van der Waals surface area contributed by atoms with E-state index in [1.54, 1.807) is 7.11 Å². The zero-order valence-corrected chi connectivity index (χ0v) is 12.9. The minimum absolute atomic E-state index is 0.170. The molecule has 0 radical (unpaired) electrons. The Hall–Kier alpha value is -0.160. The Kier molecular flexibility index (Phi) is 2.83. The average molecular weight is 282 g/mol. The lowest BCUT2D eigenvalue weighted by Crippen LogP contribution is -2.66. The van der Waals surface area contributed by atoms with E-state index >= 15 is 0 Å². The van der Waals surface area contributed by atoms with E-state index in [1.807, 2.05) is 0 Å². The van der Waals surface area contributed by atoms with Crippen molar-refractivity contribution in [3.05, 3.63) is 0 Å². The minimum atomic E-state index is -0.459. The van der Waals surface area contributed by atoms with Gasteiger partial charge in [0, 0.05) is 25.4 Å². The third-order valence-electron chi connectivity index (χ3n) is 6.36. The highest BCUT2D eigenvalue weighted by Crippen LogP contribution is 2.63. The number of rotatable bonds is 1. The first kappa shape index (κ1) is 13.5. The van der Waals surface area contributed by atoms with E-state index in [0.29, 0.717) is 23.7 Å². The molecule has 1 saturated carbocycles. The normalized spacial score (nSPS) is 61.2. The van der Waals surface area contributed by atoms with Gasteiger partial charge in [-0.25, -0.2) is 0 Å². The fourth-order valence-electron chi connectivity index (χ4n) is 5.41. The molecule has 0 aromatic heterocycles. The number of hydrogen-bond donors (Lipinski definition) is 0. The Bertz CT molecular complexity index is 413. The van der Waals surface area contributed by atoms with Crippen molar-refractivity contribution in [2.75, 3.05) is 7.11 Å². The van der Waals surface area contributed by atoms with E-state index in [4.69, 9.17) is 18.9 Å². The molecule has 0 N–H and O–H groups in total. The largest absolute Gasteiger partial charge is 0.355 e. The average Bonchev–Trinajstić information content (AvgIpc) is 2.63. The van der Waals surface area contributed by atoms with Crippen LogP contribution in [0, 0.1) is 23.7 Å². The lowest BCUT2D eigenvalue weighted by molar-refractivity contribution is -0.332. The molecule has 4 nitrogen and oxygen atoms in total. The van der Waals surface area contributed by atoms with Crippen LogP contribution in [0.3, 0.4) is 0 Å². The van der Waals surface area contributed by atoms with Gasteiger partial charge in [0.05, 0.1) is 0 Å². The van der Waals surface area contributed by atoms with Gasteiger partial charge in [-0.1, -0.05) is 13.8 Å². The van der Waals surface area contributed by atoms with Gasteiger partial charge in [-0.15, -0.1) is 0 Å². The van der Waals surface area contributed by atoms with Crippen molar-refractivity contribution < 1.29 is 18.9 Å². The predicted octanol–water partition coefficient (Wildman–Crippen LogP) is 2.91. The van der Waals surface area contributed by atoms with E-state index in [0.717, 1.165) is 6.42 Å². The number of methoxy groups -OCH3 is 1. The smallest absolute Gasteiger partial charge is 0.193 e. The Morgan fingerprint density at radius 1 is 1.10 bits per heavy atom. The maximum atomic E-state index is 6.57. The van der Waals surface area contributed by atoms with Crippen LogP contribution < -0.4 is 0 Å². The van der Waals surface area contributed by atoms with E-state index in [1.165, 1.54) is 19.3 Å². The van der Waals surface area contributed by atoms with Crippen LogP contribution in [0.25, 0.3) is 0 Å². The van der Waals surface area contributed by atoms with Gasteiger partial charge in [-0.2, -0.15) is 0 Å². The van der Waals surface area contributed by atoms with Crippen molar-refractivity contribution in [1.82, 2.24) is 0 Å². The molecule has 4 fully saturated rings. The van der Waals surface area contributed by atoms with Crippen molar-refractivity contribution in [2.24, 2.45) is 23.7 Å². The molecule has 3 saturated heterocycles. The Balaban J connectivity index is 1.79. The molecule has 20 heavy (non-hydrogen) atoms. The van der Waals surface area contributed by atoms with Gasteiger partial charge in [0.2, 0.25) is 0 Å². The van der Waals surface area contributed by atoms with Gasteiger partial charge in [-0.05, 0) is 38.0 Å². The van der Waals surface area contributed by atoms with Crippen molar-refractivity contribution in [3.63, 3.8) is 0 Å². The second-order valence-electron chi connectivity index (χ2n) is 7.44. The molecule has 8 atom stereocenters. The van der Waals surface area contributed by atoms with Crippen LogP contribution in [0.1, 0.15) is 46.5 Å². The topological polar surface area (TPSA) is 36.9 Å². The molecule has 1 aliphatic carbocycles. The first-order valence-electron chi connectivity index (χ1n) is 8.06. The second kappa shape index (κ2) is 4.19. The molecule has 1 spiro atoms. The summed E-state index contributed by atoms with van der Waals surface area (Å²) in [6, 6.07) is 0. The van der Waals surface area contributed by atoms with Crippen LogP contribution in [-0.4, -0.2) is 31.1 Å². The maximum Gasteiger partial charge on any atom is 0.193 e. The van der Waals surface area contributed by atoms with Gasteiger partial charge < -0.3 is 18.9 Å². The van der Waals surface area contributed by atoms with Crippen LogP contribution in [0.2, 0.25) is 0 Å². The summed E-state index contributed by atoms with van der Waals surface area (Å²) in [5.41, 5.74) is -0.237. The summed E-state index contributed by atoms with van der Waals surface area (Å²) in [6.45, 7) is 6.68. The summed E-state index contributed by atoms with van der Waals surface area (Å²) >= 11 is 0. The Labute approximate surface area is 121 Å². The summed E-state index contributed by atoms with van der Waals surface area (Å²) < 4.78 is 24.5. The molecular formula is C16H26O4. The van der Waals surface area contributed by atoms with Crippen molar-refractivity contribution in [3.8, 4) is 0 Å². The van der Waals surface area contributed by atoms with Crippen LogP contribution in [0.15, 0.2) is 0 Å². The maximum absolute atomic E-state index is 6.57. The molecule has 0 amide bonds. The van der Waals surface area contributed by atoms with Crippen LogP contribution in [-0.2, 0) is 18.9 Å². The standard InChI is InChI=1S/C16H26O4/c1-9-5-6-12-10(2)13(17-4)18-14-16(12)11(9)7-8-15(3,19-14)20-16/h9-14H,5-8H2,1-4H3/t9-,10-,11+,12+,13+,14-,15-,16-/m1/s1. The third kappa shape index (κ3) is 1.51. The van der Waals surface area contributed by atoms with Crippen molar-refractivity contribution in [2.45, 2.75) is 70.4 Å². The van der Waals surface area contributed by atoms with Crippen LogP contribution in [0.5, 0.6) is 0 Å². The molecule has 114 valence electrons. The second-order valence-corrected chi connectivity index (χ2v) is 7.44. The fraction of sp³-hybridized carbons (Fsp3) is 1.00. The van der Waals surface area contributed by atoms with Gasteiger partial charge >= 0.3 is 0 Å². The highest BCUT2D eigenvalue weighted by Gasteiger charge is 2.71. The Morgan fingerprint density at radius 2 is 1.90 bits per heavy atom. The third-order valence-corrected chi connectivity index (χ3v) is 6.36. The SMILES string of the molecule is CO[C@H]1O[C@@H]2O[C@@]3(C)CC[C@H]4[C@H](C)CC[C@@H]([C@H]1C)[C@@]24O3. The molecule has 3 aliphatic heterocycles. The molecule has 0 aromatic carbocycles. The summed E-state index contributed by atoms with van der Waals surface area (Å²) in [5, 5.41) is 0. The molecule has 2 bridgehead atoms. The molecule has 4 aliphatic rings. The van der Waals surface area contributed by atoms with Crippen molar-refractivity contribution >= 4 is 0 Å². The van der Waals surface area contributed by atoms with Gasteiger partial charge in [0.1, 0.15) is 5.60 Å². The van der Waals surface area contributed by atoms with E-state index < -0.39 is 5.79 Å². The van der Waals surface area contributed by atoms with E-state index in [9.17, 15) is 0 Å². The number of hydrogen-bond acceptors (Lipinski definition) is 4. The van der Waals surface area contributed by atoms with Crippen LogP contribution >= 0.6 is 0 Å². The zero-order chi connectivity index (χ0) is 14.1. The molecule has 0 aromatic rings. The predicted molar refractivity (Wildman–Crippen MR) is 72.8 cm³/mol. The highest BCUT2D eigenvalue weighted by atomic mass is 16.9. The lowest BCUT2D eigenvalue weighted by Gasteiger charge is -2.58. The lowest BCUT2D eigenvalue weighted by atomic mass is 9.57. The van der Waals surface area contributed by atoms with E-state index in [2.05, 4.69) is 20.8 Å². The number of fused-ring (bicyclic) bond motifs is 1. The summed E-state index contributed by atoms with van der Waals surface area (Å²) in [4.78, 5) is 0. The zero-order valence-electron chi connectivity index (χ0n) is 12.9. The van der Waals surface area contributed by atoms with Crippen LogP contribution in [0.4, 0.5) is 0 Å². The van der Waals surface area contributed by atoms with Gasteiger partial charge in [-0.3, -0.25) is 0 Å². The fourth-order valence-corrected chi connectivity index (χ4v) is 5.41. The molecule has 4 heteroatoms. The molecule has 3 heterocycles. The van der Waals surface area contributed by atoms with E-state index in [-0.39, 0.29) is 18.2 Å². The van der Waals surface area contributed by atoms with Crippen molar-refractivity contribution in [1.29, 1.82) is 0 Å². The first-order valence-corrected chi connectivity index (χ1v) is 8.06. The monoisotopic (exact) mass is 282 g/mol. The number of ether oxygens (including phenoxy) is 4. The molecule has 4 rings (SSSR count). The quantitative estimate of drug-likeness (QED) is 0.741. The summed E-state index contributed by atoms with van der Waals surface area (Å²) in [7, 11) is 1.73. The Morgan fingerprint density at radius 3 is 2.65 bits per heavy atom. The molecule has 0 unspecified atom stereocenters. The highest BCUT2D eigenvalue weighted by molar-refractivity contribution is 5.12. The van der Waals surface area contributed by atoms with Gasteiger partial charge in [0.15, 0.2) is 18.4 Å². The first-order chi connectivity index (χ1) is 9.50.